The monoisotopic (exact) mass is 362 g/mol. The van der Waals surface area contributed by atoms with Gasteiger partial charge in [0.1, 0.15) is 0 Å². The van der Waals surface area contributed by atoms with Crippen LogP contribution in [0.4, 0.5) is 4.79 Å². The van der Waals surface area contributed by atoms with Gasteiger partial charge in [-0.15, -0.1) is 0 Å². The lowest BCUT2D eigenvalue weighted by molar-refractivity contribution is -0.139. The predicted octanol–water partition coefficient (Wildman–Crippen LogP) is 0.653. The van der Waals surface area contributed by atoms with Gasteiger partial charge in [0.25, 0.3) is 5.91 Å². The number of hydrogen-bond acceptors (Lipinski definition) is 4. The van der Waals surface area contributed by atoms with Gasteiger partial charge in [-0.2, -0.15) is 0 Å². The minimum Gasteiger partial charge on any atom is -0.480 e. The molecule has 0 heterocycles. The second-order valence-electron chi connectivity index (χ2n) is 6.30. The molecule has 0 spiro atoms. The number of urea groups is 1. The molecular formula is C18H26N4O4. The number of carboxylic acid groups (broad SMARTS) is 1. The number of nitrogens with zero attached hydrogens (tertiary/aromatic N) is 1. The zero-order valence-electron chi connectivity index (χ0n) is 14.9. The number of rotatable bonds is 9. The normalized spacial score (nSPS) is 18.7. The molecule has 0 aliphatic heterocycles. The van der Waals surface area contributed by atoms with Gasteiger partial charge in [-0.3, -0.25) is 14.5 Å². The van der Waals surface area contributed by atoms with Crippen LogP contribution in [-0.4, -0.2) is 66.2 Å². The first-order valence-electron chi connectivity index (χ1n) is 8.83. The second-order valence-corrected chi connectivity index (χ2v) is 6.30. The molecule has 1 aliphatic rings. The van der Waals surface area contributed by atoms with E-state index in [-0.39, 0.29) is 30.6 Å². The molecule has 1 aromatic carbocycles. The fourth-order valence-corrected chi connectivity index (χ4v) is 2.96. The van der Waals surface area contributed by atoms with Crippen molar-refractivity contribution in [3.05, 3.63) is 35.9 Å². The van der Waals surface area contributed by atoms with Crippen LogP contribution in [-0.2, 0) is 4.79 Å². The second kappa shape index (κ2) is 9.76. The van der Waals surface area contributed by atoms with Crippen molar-refractivity contribution in [1.82, 2.24) is 20.9 Å². The van der Waals surface area contributed by atoms with Crippen LogP contribution < -0.4 is 16.0 Å². The lowest BCUT2D eigenvalue weighted by atomic mass is 9.85. The summed E-state index contributed by atoms with van der Waals surface area (Å²) in [6, 6.07) is 8.87. The fraction of sp³-hybridized carbons (Fsp3) is 0.500. The van der Waals surface area contributed by atoms with Crippen LogP contribution in [0.3, 0.4) is 0 Å². The number of nitrogens with one attached hydrogen (secondary N) is 3. The number of hydrogen-bond donors (Lipinski definition) is 4. The molecule has 3 amide bonds. The van der Waals surface area contributed by atoms with Gasteiger partial charge >= 0.3 is 12.0 Å². The van der Waals surface area contributed by atoms with Crippen molar-refractivity contribution in [2.75, 3.05) is 26.2 Å². The van der Waals surface area contributed by atoms with Crippen molar-refractivity contribution in [2.45, 2.75) is 31.8 Å². The smallest absolute Gasteiger partial charge is 0.317 e. The van der Waals surface area contributed by atoms with E-state index in [1.165, 1.54) is 0 Å². The standard InChI is InChI=1S/C18H26N4O4/c1-2-22(12-16(23)24)15-10-14(11-15)21-18(26)20-9-8-19-17(25)13-6-4-3-5-7-13/h3-7,14-15H,2,8-12H2,1H3,(H,19,25)(H,23,24)(H2,20,21,26). The number of carbonyl (C=O) groups excluding carboxylic acids is 2. The topological polar surface area (TPSA) is 111 Å². The number of aliphatic carboxylic acids is 1. The van der Waals surface area contributed by atoms with Gasteiger partial charge in [-0.05, 0) is 31.5 Å². The highest BCUT2D eigenvalue weighted by Crippen LogP contribution is 2.25. The molecular weight excluding hydrogens is 336 g/mol. The maximum absolute atomic E-state index is 11.8. The van der Waals surface area contributed by atoms with E-state index in [0.717, 1.165) is 12.8 Å². The highest BCUT2D eigenvalue weighted by molar-refractivity contribution is 5.94. The first kappa shape index (κ1) is 19.7. The molecule has 1 aliphatic carbocycles. The van der Waals surface area contributed by atoms with E-state index in [1.54, 1.807) is 24.3 Å². The summed E-state index contributed by atoms with van der Waals surface area (Å²) in [4.78, 5) is 36.4. The summed E-state index contributed by atoms with van der Waals surface area (Å²) >= 11 is 0. The Morgan fingerprint density at radius 2 is 1.77 bits per heavy atom. The van der Waals surface area contributed by atoms with Gasteiger partial charge in [0, 0.05) is 30.7 Å². The maximum atomic E-state index is 11.8. The van der Waals surface area contributed by atoms with E-state index in [0.29, 0.717) is 25.2 Å². The van der Waals surface area contributed by atoms with Crippen LogP contribution in [0.25, 0.3) is 0 Å². The van der Waals surface area contributed by atoms with E-state index in [2.05, 4.69) is 16.0 Å². The highest BCUT2D eigenvalue weighted by Gasteiger charge is 2.34. The average molecular weight is 362 g/mol. The molecule has 0 atom stereocenters. The van der Waals surface area contributed by atoms with Crippen LogP contribution in [0.15, 0.2) is 30.3 Å². The minimum absolute atomic E-state index is 0.0290. The molecule has 0 unspecified atom stereocenters. The molecule has 26 heavy (non-hydrogen) atoms. The minimum atomic E-state index is -0.835. The fourth-order valence-electron chi connectivity index (χ4n) is 2.96. The summed E-state index contributed by atoms with van der Waals surface area (Å²) < 4.78 is 0. The van der Waals surface area contributed by atoms with Crippen LogP contribution in [0, 0.1) is 0 Å². The summed E-state index contributed by atoms with van der Waals surface area (Å²) in [5.41, 5.74) is 0.583. The van der Waals surface area contributed by atoms with Crippen molar-refractivity contribution in [3.63, 3.8) is 0 Å². The van der Waals surface area contributed by atoms with Crippen molar-refractivity contribution in [2.24, 2.45) is 0 Å². The molecule has 0 aromatic heterocycles. The molecule has 2 rings (SSSR count). The maximum Gasteiger partial charge on any atom is 0.317 e. The molecule has 1 saturated carbocycles. The van der Waals surface area contributed by atoms with Gasteiger partial charge in [-0.1, -0.05) is 25.1 Å². The first-order chi connectivity index (χ1) is 12.5. The number of carboxylic acids is 1. The molecule has 142 valence electrons. The molecule has 8 nitrogen and oxygen atoms in total. The Kier molecular flexibility index (Phi) is 7.40. The Balaban J connectivity index is 1.57. The van der Waals surface area contributed by atoms with Crippen molar-refractivity contribution >= 4 is 17.9 Å². The van der Waals surface area contributed by atoms with Crippen LogP contribution in [0.1, 0.15) is 30.1 Å². The molecule has 1 fully saturated rings. The Hall–Kier alpha value is -2.61. The highest BCUT2D eigenvalue weighted by atomic mass is 16.4. The van der Waals surface area contributed by atoms with E-state index >= 15 is 0 Å². The van der Waals surface area contributed by atoms with Gasteiger partial charge in [0.2, 0.25) is 0 Å². The third-order valence-electron chi connectivity index (χ3n) is 4.44. The first-order valence-corrected chi connectivity index (χ1v) is 8.83. The number of carbonyl (C=O) groups is 3. The third kappa shape index (κ3) is 6.03. The summed E-state index contributed by atoms with van der Waals surface area (Å²) in [5, 5.41) is 17.2. The number of benzene rings is 1. The summed E-state index contributed by atoms with van der Waals surface area (Å²) in [6.07, 6.45) is 1.50. The molecule has 0 bridgehead atoms. The van der Waals surface area contributed by atoms with Crippen LogP contribution >= 0.6 is 0 Å². The van der Waals surface area contributed by atoms with Crippen molar-refractivity contribution in [3.8, 4) is 0 Å². The molecule has 8 heteroatoms. The Bertz CT molecular complexity index is 617. The molecule has 0 saturated heterocycles. The van der Waals surface area contributed by atoms with Gasteiger partial charge in [-0.25, -0.2) is 4.79 Å². The number of amides is 3. The Labute approximate surface area is 152 Å². The van der Waals surface area contributed by atoms with E-state index in [1.807, 2.05) is 17.9 Å². The Morgan fingerprint density at radius 1 is 1.12 bits per heavy atom. The zero-order valence-corrected chi connectivity index (χ0v) is 14.9. The average Bonchev–Trinajstić information content (AvgIpc) is 2.60. The quantitative estimate of drug-likeness (QED) is 0.482. The lowest BCUT2D eigenvalue weighted by Gasteiger charge is -2.42. The van der Waals surface area contributed by atoms with Crippen LogP contribution in [0.5, 0.6) is 0 Å². The molecule has 0 radical (unpaired) electrons. The lowest BCUT2D eigenvalue weighted by Crippen LogP contribution is -2.56. The molecule has 4 N–H and O–H groups in total. The zero-order chi connectivity index (χ0) is 18.9. The SMILES string of the molecule is CCN(CC(=O)O)C1CC(NC(=O)NCCNC(=O)c2ccccc2)C1. The Morgan fingerprint density at radius 3 is 2.38 bits per heavy atom. The van der Waals surface area contributed by atoms with E-state index < -0.39 is 5.97 Å². The van der Waals surface area contributed by atoms with E-state index in [9.17, 15) is 14.4 Å². The van der Waals surface area contributed by atoms with Gasteiger partial charge < -0.3 is 21.1 Å². The van der Waals surface area contributed by atoms with Crippen molar-refractivity contribution < 1.29 is 19.5 Å². The predicted molar refractivity (Wildman–Crippen MR) is 97.0 cm³/mol. The number of likely N-dealkylation sites (N-methyl/N-ethyl adjacent to an activating group) is 1. The van der Waals surface area contributed by atoms with Crippen molar-refractivity contribution in [1.29, 1.82) is 0 Å². The third-order valence-corrected chi connectivity index (χ3v) is 4.44. The van der Waals surface area contributed by atoms with Gasteiger partial charge in [0.05, 0.1) is 6.54 Å². The van der Waals surface area contributed by atoms with Gasteiger partial charge in [0.15, 0.2) is 0 Å². The summed E-state index contributed by atoms with van der Waals surface area (Å²) in [5.74, 6) is -1.01. The largest absolute Gasteiger partial charge is 0.480 e. The summed E-state index contributed by atoms with van der Waals surface area (Å²) in [7, 11) is 0. The van der Waals surface area contributed by atoms with Crippen LogP contribution in [0.2, 0.25) is 0 Å². The summed E-state index contributed by atoms with van der Waals surface area (Å²) in [6.45, 7) is 3.32. The molecule has 1 aromatic rings. The van der Waals surface area contributed by atoms with E-state index in [4.69, 9.17) is 5.11 Å².